The summed E-state index contributed by atoms with van der Waals surface area (Å²) in [5, 5.41) is 5.93. The number of halogens is 1. The molecule has 2 aromatic carbocycles. The number of anilines is 1. The van der Waals surface area contributed by atoms with Gasteiger partial charge in [0.1, 0.15) is 17.7 Å². The monoisotopic (exact) mass is 539 g/mol. The second-order valence-electron chi connectivity index (χ2n) is 10.5. The zero-order valence-electron chi connectivity index (χ0n) is 23.4. The standard InChI is InChI=1S/C30H38ClN3O4/c1-10-18(3)25(33-29(37)38-30(7,8)9)28(36)34(11-2)26(23-19(4)14-12-15-20(23)5)27(35)32-24-21(6)16-13-17-22(24)31/h2,12-18,25-26H,10H2,1,3-9H3,(H,32,35)(H,33,37). The molecular formula is C30H38ClN3O4. The van der Waals surface area contributed by atoms with Crippen molar-refractivity contribution in [3.63, 3.8) is 0 Å². The average molecular weight is 540 g/mol. The molecule has 0 aliphatic heterocycles. The van der Waals surface area contributed by atoms with E-state index in [1.165, 1.54) is 0 Å². The number of nitrogens with zero attached hydrogens (tertiary/aromatic N) is 1. The number of carbonyl (C=O) groups excluding carboxylic acids is 3. The number of benzene rings is 2. The number of ether oxygens (including phenoxy) is 1. The van der Waals surface area contributed by atoms with Crippen molar-refractivity contribution in [1.82, 2.24) is 10.2 Å². The molecular weight excluding hydrogens is 502 g/mol. The molecule has 0 bridgehead atoms. The van der Waals surface area contributed by atoms with Crippen LogP contribution in [0.1, 0.15) is 69.3 Å². The van der Waals surface area contributed by atoms with Gasteiger partial charge in [-0.15, -0.1) is 0 Å². The van der Waals surface area contributed by atoms with Crippen molar-refractivity contribution in [2.45, 2.75) is 79.5 Å². The molecule has 2 aromatic rings. The molecule has 8 heteroatoms. The van der Waals surface area contributed by atoms with E-state index in [-0.39, 0.29) is 5.92 Å². The zero-order valence-corrected chi connectivity index (χ0v) is 24.2. The molecule has 38 heavy (non-hydrogen) atoms. The molecule has 2 rings (SSSR count). The molecule has 0 radical (unpaired) electrons. The lowest BCUT2D eigenvalue weighted by atomic mass is 9.92. The van der Waals surface area contributed by atoms with Crippen LogP contribution in [0.4, 0.5) is 10.5 Å². The van der Waals surface area contributed by atoms with Crippen LogP contribution in [-0.4, -0.2) is 34.5 Å². The lowest BCUT2D eigenvalue weighted by Gasteiger charge is -2.33. The predicted molar refractivity (Wildman–Crippen MR) is 152 cm³/mol. The second kappa shape index (κ2) is 12.8. The third-order valence-corrected chi connectivity index (χ3v) is 6.64. The summed E-state index contributed by atoms with van der Waals surface area (Å²) in [5.41, 5.74) is 2.61. The van der Waals surface area contributed by atoms with Crippen LogP contribution in [0.3, 0.4) is 0 Å². The highest BCUT2D eigenvalue weighted by Crippen LogP contribution is 2.32. The number of alkyl carbamates (subject to hydrolysis) is 1. The fraction of sp³-hybridized carbons (Fsp3) is 0.433. The highest BCUT2D eigenvalue weighted by atomic mass is 35.5. The first kappa shape index (κ1) is 30.7. The summed E-state index contributed by atoms with van der Waals surface area (Å²) < 4.78 is 5.40. The fourth-order valence-electron chi connectivity index (χ4n) is 4.15. The highest BCUT2D eigenvalue weighted by molar-refractivity contribution is 6.34. The van der Waals surface area contributed by atoms with E-state index < -0.39 is 35.6 Å². The number of nitrogens with one attached hydrogen (secondary N) is 2. The third kappa shape index (κ3) is 7.52. The first-order chi connectivity index (χ1) is 17.7. The van der Waals surface area contributed by atoms with Gasteiger partial charge in [0, 0.05) is 6.04 Å². The van der Waals surface area contributed by atoms with Gasteiger partial charge in [-0.25, -0.2) is 4.79 Å². The maximum Gasteiger partial charge on any atom is 0.408 e. The fourth-order valence-corrected chi connectivity index (χ4v) is 4.42. The largest absolute Gasteiger partial charge is 0.444 e. The molecule has 3 amide bonds. The molecule has 3 unspecified atom stereocenters. The van der Waals surface area contributed by atoms with Gasteiger partial charge >= 0.3 is 6.09 Å². The van der Waals surface area contributed by atoms with E-state index in [4.69, 9.17) is 22.8 Å². The van der Waals surface area contributed by atoms with Crippen molar-refractivity contribution in [1.29, 1.82) is 0 Å². The molecule has 0 heterocycles. The topological polar surface area (TPSA) is 87.7 Å². The van der Waals surface area contributed by atoms with Crippen molar-refractivity contribution >= 4 is 35.2 Å². The Kier molecular flexibility index (Phi) is 10.4. The molecule has 0 fully saturated rings. The van der Waals surface area contributed by atoms with Crippen LogP contribution < -0.4 is 10.6 Å². The van der Waals surface area contributed by atoms with Crippen LogP contribution >= 0.6 is 11.6 Å². The molecule has 0 aliphatic carbocycles. The van der Waals surface area contributed by atoms with Gasteiger partial charge in [-0.1, -0.05) is 68.6 Å². The number of hydrogen-bond acceptors (Lipinski definition) is 4. The van der Waals surface area contributed by atoms with Crippen LogP contribution in [0.15, 0.2) is 36.4 Å². The molecule has 0 spiro atoms. The van der Waals surface area contributed by atoms with Crippen LogP contribution in [0, 0.1) is 39.2 Å². The van der Waals surface area contributed by atoms with Crippen LogP contribution in [0.25, 0.3) is 0 Å². The van der Waals surface area contributed by atoms with Gasteiger partial charge in [0.2, 0.25) is 0 Å². The van der Waals surface area contributed by atoms with Gasteiger partial charge in [0.15, 0.2) is 0 Å². The van der Waals surface area contributed by atoms with Crippen LogP contribution in [0.2, 0.25) is 5.02 Å². The highest BCUT2D eigenvalue weighted by Gasteiger charge is 2.39. The van der Waals surface area contributed by atoms with Gasteiger partial charge in [-0.2, -0.15) is 0 Å². The molecule has 0 saturated heterocycles. The van der Waals surface area contributed by atoms with E-state index in [1.54, 1.807) is 32.9 Å². The summed E-state index contributed by atoms with van der Waals surface area (Å²) in [6.45, 7) is 14.5. The summed E-state index contributed by atoms with van der Waals surface area (Å²) in [5.74, 6) is -1.41. The minimum atomic E-state index is -1.18. The van der Waals surface area contributed by atoms with Crippen molar-refractivity contribution in [3.8, 4) is 12.5 Å². The summed E-state index contributed by atoms with van der Waals surface area (Å²) >= 11 is 6.39. The number of carbonyl (C=O) groups is 3. The summed E-state index contributed by atoms with van der Waals surface area (Å²) in [4.78, 5) is 41.7. The van der Waals surface area contributed by atoms with Gasteiger partial charge in [0.25, 0.3) is 11.8 Å². The van der Waals surface area contributed by atoms with E-state index in [0.29, 0.717) is 22.7 Å². The molecule has 2 N–H and O–H groups in total. The zero-order chi connectivity index (χ0) is 28.8. The average Bonchev–Trinajstić information content (AvgIpc) is 2.82. The van der Waals surface area contributed by atoms with Crippen molar-refractivity contribution in [2.24, 2.45) is 5.92 Å². The predicted octanol–water partition coefficient (Wildman–Crippen LogP) is 6.30. The van der Waals surface area contributed by atoms with Crippen molar-refractivity contribution in [3.05, 3.63) is 63.7 Å². The van der Waals surface area contributed by atoms with E-state index in [2.05, 4.69) is 16.7 Å². The summed E-state index contributed by atoms with van der Waals surface area (Å²) in [7, 11) is 0. The minimum Gasteiger partial charge on any atom is -0.444 e. The Morgan fingerprint density at radius 2 is 1.61 bits per heavy atom. The Hall–Kier alpha value is -3.50. The first-order valence-electron chi connectivity index (χ1n) is 12.6. The number of rotatable bonds is 8. The van der Waals surface area contributed by atoms with Crippen molar-refractivity contribution in [2.75, 3.05) is 5.32 Å². The summed E-state index contributed by atoms with van der Waals surface area (Å²) in [6.07, 6.45) is 5.75. The Morgan fingerprint density at radius 1 is 1.05 bits per heavy atom. The Bertz CT molecular complexity index is 1190. The maximum absolute atomic E-state index is 14.0. The van der Waals surface area contributed by atoms with E-state index in [9.17, 15) is 14.4 Å². The number of terminal acetylenes is 1. The van der Waals surface area contributed by atoms with Gasteiger partial charge in [-0.05, 0) is 75.8 Å². The molecule has 0 aromatic heterocycles. The first-order valence-corrected chi connectivity index (χ1v) is 13.0. The lowest BCUT2D eigenvalue weighted by Crippen LogP contribution is -2.53. The number of hydrogen-bond donors (Lipinski definition) is 2. The SMILES string of the molecule is C#CN(C(=O)C(NC(=O)OC(C)(C)C)C(C)CC)C(C(=O)Nc1c(C)cccc1Cl)c1c(C)cccc1C. The van der Waals surface area contributed by atoms with E-state index in [0.717, 1.165) is 21.6 Å². The van der Waals surface area contributed by atoms with Crippen LogP contribution in [0.5, 0.6) is 0 Å². The van der Waals surface area contributed by atoms with Gasteiger partial charge in [-0.3, -0.25) is 14.5 Å². The van der Waals surface area contributed by atoms with Crippen LogP contribution in [-0.2, 0) is 14.3 Å². The maximum atomic E-state index is 14.0. The van der Waals surface area contributed by atoms with Gasteiger partial charge in [0.05, 0.1) is 10.7 Å². The minimum absolute atomic E-state index is 0.293. The quantitative estimate of drug-likeness (QED) is 0.304. The third-order valence-electron chi connectivity index (χ3n) is 6.32. The van der Waals surface area contributed by atoms with Gasteiger partial charge < -0.3 is 15.4 Å². The number of para-hydroxylation sites is 1. The van der Waals surface area contributed by atoms with E-state index >= 15 is 0 Å². The number of aryl methyl sites for hydroxylation is 3. The normalized spacial score (nSPS) is 13.5. The number of amides is 3. The molecule has 7 nitrogen and oxygen atoms in total. The molecule has 204 valence electrons. The lowest BCUT2D eigenvalue weighted by molar-refractivity contribution is -0.137. The van der Waals surface area contributed by atoms with E-state index in [1.807, 2.05) is 58.9 Å². The molecule has 0 saturated carbocycles. The summed E-state index contributed by atoms with van der Waals surface area (Å²) in [6, 6.07) is 11.1. The molecule has 3 atom stereocenters. The Balaban J connectivity index is 2.60. The smallest absolute Gasteiger partial charge is 0.408 e. The Labute approximate surface area is 231 Å². The molecule has 0 aliphatic rings. The Morgan fingerprint density at radius 3 is 2.11 bits per heavy atom. The second-order valence-corrected chi connectivity index (χ2v) is 10.9. The van der Waals surface area contributed by atoms with Crippen molar-refractivity contribution < 1.29 is 19.1 Å².